The maximum atomic E-state index is 4.03. The SMILES string of the molecule is C=C/N=C(\C=C/C)CNC. The fraction of sp³-hybridized carbons (Fsp3) is 0.375. The molecule has 56 valence electrons. The van der Waals surface area contributed by atoms with Gasteiger partial charge in [0.25, 0.3) is 0 Å². The quantitative estimate of drug-likeness (QED) is 0.583. The summed E-state index contributed by atoms with van der Waals surface area (Å²) < 4.78 is 0. The highest BCUT2D eigenvalue weighted by atomic mass is 14.8. The minimum Gasteiger partial charge on any atom is -0.314 e. The van der Waals surface area contributed by atoms with Crippen molar-refractivity contribution < 1.29 is 0 Å². The smallest absolute Gasteiger partial charge is 0.0538 e. The van der Waals surface area contributed by atoms with Gasteiger partial charge >= 0.3 is 0 Å². The van der Waals surface area contributed by atoms with Crippen LogP contribution in [0.5, 0.6) is 0 Å². The van der Waals surface area contributed by atoms with Crippen LogP contribution in [0.25, 0.3) is 0 Å². The van der Waals surface area contributed by atoms with Crippen molar-refractivity contribution >= 4 is 5.71 Å². The van der Waals surface area contributed by atoms with Crippen LogP contribution in [0.15, 0.2) is 29.9 Å². The molecular formula is C8H14N2. The lowest BCUT2D eigenvalue weighted by atomic mass is 10.3. The highest BCUT2D eigenvalue weighted by Crippen LogP contribution is 1.81. The first-order chi connectivity index (χ1) is 4.85. The molecule has 0 aliphatic rings. The molecule has 1 N–H and O–H groups in total. The van der Waals surface area contributed by atoms with Crippen molar-refractivity contribution in [3.05, 3.63) is 24.9 Å². The largest absolute Gasteiger partial charge is 0.314 e. The molecule has 0 rings (SSSR count). The van der Waals surface area contributed by atoms with Crippen molar-refractivity contribution in [2.24, 2.45) is 4.99 Å². The number of rotatable bonds is 4. The van der Waals surface area contributed by atoms with E-state index >= 15 is 0 Å². The highest BCUT2D eigenvalue weighted by Gasteiger charge is 1.86. The number of nitrogens with zero attached hydrogens (tertiary/aromatic N) is 1. The molecule has 0 aromatic heterocycles. The first-order valence-corrected chi connectivity index (χ1v) is 3.30. The zero-order chi connectivity index (χ0) is 7.82. The first kappa shape index (κ1) is 9.11. The zero-order valence-electron chi connectivity index (χ0n) is 6.59. The van der Waals surface area contributed by atoms with Crippen LogP contribution in [0.1, 0.15) is 6.92 Å². The standard InChI is InChI=1S/C8H14N2/c1-4-6-8(7-9-3)10-5-2/h4-6,9H,2,7H2,1,3H3/b6-4-,10-8+. The van der Waals surface area contributed by atoms with Crippen molar-refractivity contribution in [1.82, 2.24) is 5.32 Å². The van der Waals surface area contributed by atoms with Gasteiger partial charge in [0.2, 0.25) is 0 Å². The molecule has 0 saturated carbocycles. The number of hydrogen-bond donors (Lipinski definition) is 1. The second kappa shape index (κ2) is 6.23. The summed E-state index contributed by atoms with van der Waals surface area (Å²) in [6, 6.07) is 0. The molecule has 0 atom stereocenters. The summed E-state index contributed by atoms with van der Waals surface area (Å²) in [5.41, 5.74) is 1.00. The Morgan fingerprint density at radius 2 is 2.40 bits per heavy atom. The number of nitrogens with one attached hydrogen (secondary N) is 1. The Hall–Kier alpha value is -0.890. The lowest BCUT2D eigenvalue weighted by Gasteiger charge is -1.95. The molecule has 0 aromatic carbocycles. The Bertz CT molecular complexity index is 145. The third-order valence-corrected chi connectivity index (χ3v) is 0.974. The van der Waals surface area contributed by atoms with Crippen LogP contribution in [0, 0.1) is 0 Å². The zero-order valence-corrected chi connectivity index (χ0v) is 6.59. The molecule has 0 unspecified atom stereocenters. The normalized spacial score (nSPS) is 12.4. The van der Waals surface area contributed by atoms with E-state index in [4.69, 9.17) is 0 Å². The molecule has 10 heavy (non-hydrogen) atoms. The van der Waals surface area contributed by atoms with Gasteiger partial charge in [-0.15, -0.1) is 0 Å². The Balaban J connectivity index is 3.96. The van der Waals surface area contributed by atoms with Crippen LogP contribution in [-0.4, -0.2) is 19.3 Å². The van der Waals surface area contributed by atoms with Crippen molar-refractivity contribution in [3.63, 3.8) is 0 Å². The molecule has 0 fully saturated rings. The van der Waals surface area contributed by atoms with Crippen molar-refractivity contribution in [2.75, 3.05) is 13.6 Å². The summed E-state index contributed by atoms with van der Waals surface area (Å²) in [4.78, 5) is 4.03. The van der Waals surface area contributed by atoms with Crippen molar-refractivity contribution in [3.8, 4) is 0 Å². The number of allylic oxidation sites excluding steroid dienone is 1. The molecule has 0 saturated heterocycles. The van der Waals surface area contributed by atoms with Gasteiger partial charge in [0.1, 0.15) is 0 Å². The Morgan fingerprint density at radius 3 is 2.80 bits per heavy atom. The molecule has 0 radical (unpaired) electrons. The van der Waals surface area contributed by atoms with E-state index in [0.717, 1.165) is 12.3 Å². The highest BCUT2D eigenvalue weighted by molar-refractivity contribution is 5.96. The van der Waals surface area contributed by atoms with E-state index in [1.807, 2.05) is 26.1 Å². The average Bonchev–Trinajstić information content (AvgIpc) is 1.90. The van der Waals surface area contributed by atoms with Crippen molar-refractivity contribution in [1.29, 1.82) is 0 Å². The van der Waals surface area contributed by atoms with Gasteiger partial charge in [-0.05, 0) is 20.0 Å². The van der Waals surface area contributed by atoms with Crippen LogP contribution in [0.4, 0.5) is 0 Å². The van der Waals surface area contributed by atoms with E-state index in [-0.39, 0.29) is 0 Å². The Labute approximate surface area is 62.4 Å². The molecular weight excluding hydrogens is 124 g/mol. The van der Waals surface area contributed by atoms with E-state index < -0.39 is 0 Å². The van der Waals surface area contributed by atoms with Gasteiger partial charge in [-0.3, -0.25) is 4.99 Å². The summed E-state index contributed by atoms with van der Waals surface area (Å²) in [5, 5.41) is 3.01. The molecule has 0 amide bonds. The predicted molar refractivity (Wildman–Crippen MR) is 46.4 cm³/mol. The summed E-state index contributed by atoms with van der Waals surface area (Å²) in [6.07, 6.45) is 5.46. The third kappa shape index (κ3) is 4.04. The molecule has 0 aromatic rings. The predicted octanol–water partition coefficient (Wildman–Crippen LogP) is 1.37. The molecule has 0 aliphatic heterocycles. The fourth-order valence-electron chi connectivity index (χ4n) is 0.638. The lowest BCUT2D eigenvalue weighted by molar-refractivity contribution is 0.948. The van der Waals surface area contributed by atoms with Gasteiger partial charge in [0.05, 0.1) is 5.71 Å². The molecule has 2 heteroatoms. The van der Waals surface area contributed by atoms with E-state index in [9.17, 15) is 0 Å². The number of hydrogen-bond acceptors (Lipinski definition) is 2. The summed E-state index contributed by atoms with van der Waals surface area (Å²) in [5.74, 6) is 0. The van der Waals surface area contributed by atoms with Gasteiger partial charge in [0, 0.05) is 12.7 Å². The topological polar surface area (TPSA) is 24.4 Å². The van der Waals surface area contributed by atoms with E-state index in [0.29, 0.717) is 0 Å². The Kier molecular flexibility index (Phi) is 5.68. The molecule has 0 aliphatic carbocycles. The van der Waals surface area contributed by atoms with Crippen LogP contribution in [0.3, 0.4) is 0 Å². The first-order valence-electron chi connectivity index (χ1n) is 3.30. The van der Waals surface area contributed by atoms with Gasteiger partial charge in [-0.2, -0.15) is 0 Å². The third-order valence-electron chi connectivity index (χ3n) is 0.974. The van der Waals surface area contributed by atoms with Crippen LogP contribution < -0.4 is 5.32 Å². The second-order valence-electron chi connectivity index (χ2n) is 1.83. The van der Waals surface area contributed by atoms with Crippen LogP contribution in [-0.2, 0) is 0 Å². The Morgan fingerprint density at radius 1 is 1.70 bits per heavy atom. The van der Waals surface area contributed by atoms with Crippen molar-refractivity contribution in [2.45, 2.75) is 6.92 Å². The van der Waals surface area contributed by atoms with Gasteiger partial charge in [-0.25, -0.2) is 0 Å². The minimum absolute atomic E-state index is 0.788. The van der Waals surface area contributed by atoms with Gasteiger partial charge < -0.3 is 5.32 Å². The van der Waals surface area contributed by atoms with Gasteiger partial charge in [0.15, 0.2) is 0 Å². The fourth-order valence-corrected chi connectivity index (χ4v) is 0.638. The molecule has 2 nitrogen and oxygen atoms in total. The molecule has 0 spiro atoms. The van der Waals surface area contributed by atoms with E-state index in [1.165, 1.54) is 0 Å². The molecule has 0 bridgehead atoms. The summed E-state index contributed by atoms with van der Waals surface area (Å²) >= 11 is 0. The lowest BCUT2D eigenvalue weighted by Crippen LogP contribution is -2.16. The van der Waals surface area contributed by atoms with E-state index in [2.05, 4.69) is 16.9 Å². The summed E-state index contributed by atoms with van der Waals surface area (Å²) in [7, 11) is 1.89. The molecule has 0 heterocycles. The maximum Gasteiger partial charge on any atom is 0.0538 e. The van der Waals surface area contributed by atoms with Crippen LogP contribution in [0.2, 0.25) is 0 Å². The average molecular weight is 138 g/mol. The maximum absolute atomic E-state index is 4.03. The number of aliphatic imine (C=N–C) groups is 1. The van der Waals surface area contributed by atoms with Crippen LogP contribution >= 0.6 is 0 Å². The van der Waals surface area contributed by atoms with E-state index in [1.54, 1.807) is 6.20 Å². The second-order valence-corrected chi connectivity index (χ2v) is 1.83. The van der Waals surface area contributed by atoms with Gasteiger partial charge in [-0.1, -0.05) is 12.7 Å². The monoisotopic (exact) mass is 138 g/mol. The minimum atomic E-state index is 0.788. The summed E-state index contributed by atoms with van der Waals surface area (Å²) in [6.45, 7) is 6.27.